The van der Waals surface area contributed by atoms with Crippen molar-refractivity contribution in [1.29, 1.82) is 0 Å². The molecule has 1 saturated carbocycles. The van der Waals surface area contributed by atoms with E-state index in [9.17, 15) is 5.11 Å². The maximum absolute atomic E-state index is 10.7. The van der Waals surface area contributed by atoms with Gasteiger partial charge in [-0.1, -0.05) is 42.8 Å². The standard InChI is InChI=1S/C18H27BrO2/c1-18(2,3)13-7-5-12(6-8-13)17(20)15-10-9-14(21-4)11-16(15)19/h9-13,17,20H,5-8H2,1-4H3. The summed E-state index contributed by atoms with van der Waals surface area (Å²) in [6.45, 7) is 6.98. The average Bonchev–Trinajstić information content (AvgIpc) is 2.45. The normalized spacial score (nSPS) is 24.7. The summed E-state index contributed by atoms with van der Waals surface area (Å²) in [5.41, 5.74) is 1.37. The maximum Gasteiger partial charge on any atom is 0.120 e. The molecule has 3 heteroatoms. The Balaban J connectivity index is 2.03. The van der Waals surface area contributed by atoms with Crippen molar-refractivity contribution in [3.8, 4) is 5.75 Å². The Morgan fingerprint density at radius 1 is 1.19 bits per heavy atom. The van der Waals surface area contributed by atoms with Gasteiger partial charge in [0.05, 0.1) is 13.2 Å². The van der Waals surface area contributed by atoms with Crippen molar-refractivity contribution in [2.45, 2.75) is 52.6 Å². The number of rotatable bonds is 3. The van der Waals surface area contributed by atoms with E-state index in [1.807, 2.05) is 18.2 Å². The largest absolute Gasteiger partial charge is 0.497 e. The van der Waals surface area contributed by atoms with E-state index in [0.29, 0.717) is 11.3 Å². The van der Waals surface area contributed by atoms with Gasteiger partial charge < -0.3 is 9.84 Å². The molecule has 21 heavy (non-hydrogen) atoms. The summed E-state index contributed by atoms with van der Waals surface area (Å²) in [4.78, 5) is 0. The molecule has 0 spiro atoms. The van der Waals surface area contributed by atoms with Gasteiger partial charge in [-0.25, -0.2) is 0 Å². The van der Waals surface area contributed by atoms with Crippen LogP contribution in [-0.4, -0.2) is 12.2 Å². The number of halogens is 1. The lowest BCUT2D eigenvalue weighted by Crippen LogP contribution is -2.28. The summed E-state index contributed by atoms with van der Waals surface area (Å²) in [7, 11) is 1.66. The van der Waals surface area contributed by atoms with E-state index in [4.69, 9.17) is 4.74 Å². The van der Waals surface area contributed by atoms with Gasteiger partial charge in [-0.2, -0.15) is 0 Å². The predicted octanol–water partition coefficient (Wildman–Crippen LogP) is 5.34. The van der Waals surface area contributed by atoms with Crippen molar-refractivity contribution >= 4 is 15.9 Å². The number of benzene rings is 1. The molecule has 1 N–H and O–H groups in total. The van der Waals surface area contributed by atoms with E-state index in [0.717, 1.165) is 34.5 Å². The van der Waals surface area contributed by atoms with Gasteiger partial charge in [0.25, 0.3) is 0 Å². The van der Waals surface area contributed by atoms with Crippen LogP contribution in [0.3, 0.4) is 0 Å². The van der Waals surface area contributed by atoms with Crippen LogP contribution in [0.25, 0.3) is 0 Å². The molecule has 1 atom stereocenters. The summed E-state index contributed by atoms with van der Waals surface area (Å²) >= 11 is 3.56. The topological polar surface area (TPSA) is 29.5 Å². The Morgan fingerprint density at radius 2 is 1.81 bits per heavy atom. The van der Waals surface area contributed by atoms with Crippen LogP contribution >= 0.6 is 15.9 Å². The number of aliphatic hydroxyl groups excluding tert-OH is 1. The molecular formula is C18H27BrO2. The van der Waals surface area contributed by atoms with Crippen molar-refractivity contribution in [3.63, 3.8) is 0 Å². The van der Waals surface area contributed by atoms with Crippen molar-refractivity contribution in [1.82, 2.24) is 0 Å². The zero-order valence-corrected chi connectivity index (χ0v) is 15.1. The molecule has 2 rings (SSSR count). The zero-order valence-electron chi connectivity index (χ0n) is 13.5. The molecule has 0 aromatic heterocycles. The van der Waals surface area contributed by atoms with Crippen LogP contribution in [0, 0.1) is 17.3 Å². The minimum atomic E-state index is -0.383. The minimum Gasteiger partial charge on any atom is -0.497 e. The fourth-order valence-corrected chi connectivity index (χ4v) is 4.02. The second-order valence-electron chi connectivity index (χ2n) is 7.31. The molecule has 1 aliphatic carbocycles. The lowest BCUT2D eigenvalue weighted by Gasteiger charge is -2.38. The van der Waals surface area contributed by atoms with E-state index in [2.05, 4.69) is 36.7 Å². The smallest absolute Gasteiger partial charge is 0.120 e. The van der Waals surface area contributed by atoms with Gasteiger partial charge in [-0.05, 0) is 60.6 Å². The second-order valence-corrected chi connectivity index (χ2v) is 8.16. The van der Waals surface area contributed by atoms with E-state index >= 15 is 0 Å². The molecule has 1 fully saturated rings. The van der Waals surface area contributed by atoms with Crippen molar-refractivity contribution in [2.75, 3.05) is 7.11 Å². The van der Waals surface area contributed by atoms with Crippen LogP contribution in [-0.2, 0) is 0 Å². The second kappa shape index (κ2) is 6.70. The lowest BCUT2D eigenvalue weighted by molar-refractivity contribution is 0.0524. The zero-order chi connectivity index (χ0) is 15.6. The predicted molar refractivity (Wildman–Crippen MR) is 90.6 cm³/mol. The van der Waals surface area contributed by atoms with Gasteiger partial charge in [0.1, 0.15) is 5.75 Å². The number of hydrogen-bond donors (Lipinski definition) is 1. The molecule has 2 nitrogen and oxygen atoms in total. The van der Waals surface area contributed by atoms with Gasteiger partial charge in [0.2, 0.25) is 0 Å². The highest BCUT2D eigenvalue weighted by Gasteiger charge is 2.33. The molecule has 0 bridgehead atoms. The highest BCUT2D eigenvalue weighted by Crippen LogP contribution is 2.44. The fraction of sp³-hybridized carbons (Fsp3) is 0.667. The van der Waals surface area contributed by atoms with Gasteiger partial charge in [0, 0.05) is 4.47 Å². The monoisotopic (exact) mass is 354 g/mol. The number of methoxy groups -OCH3 is 1. The highest BCUT2D eigenvalue weighted by molar-refractivity contribution is 9.10. The van der Waals surface area contributed by atoms with E-state index < -0.39 is 0 Å². The number of ether oxygens (including phenoxy) is 1. The Labute approximate surface area is 137 Å². The molecule has 118 valence electrons. The summed E-state index contributed by atoms with van der Waals surface area (Å²) in [6.07, 6.45) is 4.28. The van der Waals surface area contributed by atoms with E-state index in [1.54, 1.807) is 7.11 Å². The number of aliphatic hydroxyl groups is 1. The summed E-state index contributed by atoms with van der Waals surface area (Å²) < 4.78 is 6.15. The van der Waals surface area contributed by atoms with Crippen LogP contribution in [0.4, 0.5) is 0 Å². The third-order valence-corrected chi connectivity index (χ3v) is 5.66. The van der Waals surface area contributed by atoms with Crippen molar-refractivity contribution in [2.24, 2.45) is 17.3 Å². The molecule has 1 unspecified atom stereocenters. The SMILES string of the molecule is COc1ccc(C(O)C2CCC(C(C)(C)C)CC2)c(Br)c1. The van der Waals surface area contributed by atoms with Crippen molar-refractivity contribution < 1.29 is 9.84 Å². The van der Waals surface area contributed by atoms with Crippen molar-refractivity contribution in [3.05, 3.63) is 28.2 Å². The first kappa shape index (κ1) is 16.8. The molecule has 0 amide bonds. The molecular weight excluding hydrogens is 328 g/mol. The average molecular weight is 355 g/mol. The van der Waals surface area contributed by atoms with Gasteiger partial charge in [-0.3, -0.25) is 0 Å². The maximum atomic E-state index is 10.7. The van der Waals surface area contributed by atoms with Crippen LogP contribution in [0.15, 0.2) is 22.7 Å². The van der Waals surface area contributed by atoms with Crippen LogP contribution in [0.2, 0.25) is 0 Å². The van der Waals surface area contributed by atoms with E-state index in [-0.39, 0.29) is 6.10 Å². The molecule has 0 aliphatic heterocycles. The highest BCUT2D eigenvalue weighted by atomic mass is 79.9. The summed E-state index contributed by atoms with van der Waals surface area (Å²) in [6, 6.07) is 5.83. The molecule has 0 saturated heterocycles. The number of hydrogen-bond acceptors (Lipinski definition) is 2. The first-order valence-corrected chi connectivity index (χ1v) is 8.63. The molecule has 0 heterocycles. The van der Waals surface area contributed by atoms with Crippen LogP contribution in [0.5, 0.6) is 5.75 Å². The van der Waals surface area contributed by atoms with Crippen LogP contribution in [0.1, 0.15) is 58.1 Å². The van der Waals surface area contributed by atoms with Crippen LogP contribution < -0.4 is 4.74 Å². The minimum absolute atomic E-state index is 0.369. The van der Waals surface area contributed by atoms with E-state index in [1.165, 1.54) is 12.8 Å². The fourth-order valence-electron chi connectivity index (χ4n) is 3.43. The molecule has 1 aromatic carbocycles. The Hall–Kier alpha value is -0.540. The first-order valence-electron chi connectivity index (χ1n) is 7.84. The molecule has 1 aromatic rings. The van der Waals surface area contributed by atoms with Gasteiger partial charge in [-0.15, -0.1) is 0 Å². The van der Waals surface area contributed by atoms with Gasteiger partial charge in [0.15, 0.2) is 0 Å². The molecule has 1 aliphatic rings. The quantitative estimate of drug-likeness (QED) is 0.793. The third kappa shape index (κ3) is 4.01. The Kier molecular flexibility index (Phi) is 5.37. The Morgan fingerprint density at radius 3 is 2.29 bits per heavy atom. The summed E-state index contributed by atoms with van der Waals surface area (Å²) in [5, 5.41) is 10.7. The lowest BCUT2D eigenvalue weighted by atomic mass is 9.68. The van der Waals surface area contributed by atoms with Gasteiger partial charge >= 0.3 is 0 Å². The Bertz CT molecular complexity index is 471. The molecule has 0 radical (unpaired) electrons. The summed E-state index contributed by atoms with van der Waals surface area (Å²) in [5.74, 6) is 1.96. The third-order valence-electron chi connectivity index (χ3n) is 4.97. The first-order chi connectivity index (χ1) is 9.82.